The lowest BCUT2D eigenvalue weighted by Gasteiger charge is -2.30. The molecular formula is C19H23ClN2O. The second-order valence-corrected chi connectivity index (χ2v) is 5.77. The highest BCUT2D eigenvalue weighted by Crippen LogP contribution is 2.23. The first kappa shape index (κ1) is 17.5. The van der Waals surface area contributed by atoms with Crippen LogP contribution in [0.1, 0.15) is 18.4 Å². The zero-order chi connectivity index (χ0) is 15.2. The molecule has 1 N–H and O–H groups in total. The van der Waals surface area contributed by atoms with Gasteiger partial charge in [0.05, 0.1) is 6.54 Å². The standard InChI is InChI=1S/C19H22N2O.ClH/c22-19(17-11-13-20-14-12-17)21(18-9-5-2-6-10-18)15-16-7-3-1-4-8-16;/h1-10,17,20H,11-15H2;1H. The summed E-state index contributed by atoms with van der Waals surface area (Å²) in [6, 6.07) is 20.2. The van der Waals surface area contributed by atoms with Gasteiger partial charge < -0.3 is 10.2 Å². The molecule has 3 nitrogen and oxygen atoms in total. The summed E-state index contributed by atoms with van der Waals surface area (Å²) in [6.45, 7) is 2.50. The largest absolute Gasteiger partial charge is 0.317 e. The van der Waals surface area contributed by atoms with Crippen LogP contribution in [-0.4, -0.2) is 19.0 Å². The van der Waals surface area contributed by atoms with Gasteiger partial charge in [-0.3, -0.25) is 4.79 Å². The Morgan fingerprint density at radius 1 is 0.957 bits per heavy atom. The Balaban J connectivity index is 0.00000192. The van der Waals surface area contributed by atoms with Crippen LogP contribution < -0.4 is 10.2 Å². The summed E-state index contributed by atoms with van der Waals surface area (Å²) in [4.78, 5) is 14.9. The molecule has 0 atom stereocenters. The average Bonchev–Trinajstić information content (AvgIpc) is 2.61. The van der Waals surface area contributed by atoms with Crippen LogP contribution >= 0.6 is 12.4 Å². The normalized spacial score (nSPS) is 14.8. The van der Waals surface area contributed by atoms with Gasteiger partial charge >= 0.3 is 0 Å². The van der Waals surface area contributed by atoms with Crippen molar-refractivity contribution in [1.29, 1.82) is 0 Å². The molecule has 1 aliphatic heterocycles. The van der Waals surface area contributed by atoms with Gasteiger partial charge in [0.25, 0.3) is 0 Å². The average molecular weight is 331 g/mol. The number of benzene rings is 2. The molecule has 3 rings (SSSR count). The number of rotatable bonds is 4. The maximum atomic E-state index is 13.0. The molecule has 1 fully saturated rings. The van der Waals surface area contributed by atoms with Crippen molar-refractivity contribution in [2.75, 3.05) is 18.0 Å². The summed E-state index contributed by atoms with van der Waals surface area (Å²) in [5.74, 6) is 0.377. The van der Waals surface area contributed by atoms with E-state index in [9.17, 15) is 4.79 Å². The van der Waals surface area contributed by atoms with E-state index in [2.05, 4.69) is 17.4 Å². The van der Waals surface area contributed by atoms with Crippen LogP contribution in [-0.2, 0) is 11.3 Å². The van der Waals surface area contributed by atoms with E-state index in [1.165, 1.54) is 0 Å². The monoisotopic (exact) mass is 330 g/mol. The number of amides is 1. The van der Waals surface area contributed by atoms with E-state index in [-0.39, 0.29) is 24.2 Å². The lowest BCUT2D eigenvalue weighted by atomic mass is 9.96. The van der Waals surface area contributed by atoms with E-state index in [1.807, 2.05) is 53.4 Å². The SMILES string of the molecule is Cl.O=C(C1CCNCC1)N(Cc1ccccc1)c1ccccc1. The second-order valence-electron chi connectivity index (χ2n) is 5.77. The van der Waals surface area contributed by atoms with Crippen LogP contribution in [0.25, 0.3) is 0 Å². The van der Waals surface area contributed by atoms with Crippen molar-refractivity contribution >= 4 is 24.0 Å². The van der Waals surface area contributed by atoms with E-state index < -0.39 is 0 Å². The number of anilines is 1. The molecule has 0 saturated carbocycles. The predicted octanol–water partition coefficient (Wildman–Crippen LogP) is 3.64. The van der Waals surface area contributed by atoms with Crippen molar-refractivity contribution < 1.29 is 4.79 Å². The summed E-state index contributed by atoms with van der Waals surface area (Å²) in [5, 5.41) is 3.33. The number of halogens is 1. The molecule has 122 valence electrons. The molecule has 1 aliphatic rings. The maximum Gasteiger partial charge on any atom is 0.230 e. The van der Waals surface area contributed by atoms with Gasteiger partial charge in [-0.2, -0.15) is 0 Å². The van der Waals surface area contributed by atoms with Gasteiger partial charge in [-0.1, -0.05) is 48.5 Å². The van der Waals surface area contributed by atoms with E-state index in [1.54, 1.807) is 0 Å². The number of nitrogens with one attached hydrogen (secondary N) is 1. The van der Waals surface area contributed by atoms with Crippen molar-refractivity contribution in [2.45, 2.75) is 19.4 Å². The Kier molecular flexibility index (Phi) is 6.63. The Morgan fingerprint density at radius 3 is 2.13 bits per heavy atom. The molecule has 0 aromatic heterocycles. The van der Waals surface area contributed by atoms with Crippen LogP contribution in [0.5, 0.6) is 0 Å². The van der Waals surface area contributed by atoms with Gasteiger partial charge in [0, 0.05) is 11.6 Å². The highest BCUT2D eigenvalue weighted by Gasteiger charge is 2.26. The highest BCUT2D eigenvalue weighted by molar-refractivity contribution is 5.95. The van der Waals surface area contributed by atoms with Crippen molar-refractivity contribution in [3.8, 4) is 0 Å². The molecule has 1 amide bonds. The molecular weight excluding hydrogens is 308 g/mol. The third kappa shape index (κ3) is 4.57. The second kappa shape index (κ2) is 8.70. The Morgan fingerprint density at radius 2 is 1.52 bits per heavy atom. The molecule has 4 heteroatoms. The molecule has 2 aromatic rings. The van der Waals surface area contributed by atoms with E-state index in [0.717, 1.165) is 37.2 Å². The highest BCUT2D eigenvalue weighted by atomic mass is 35.5. The summed E-state index contributed by atoms with van der Waals surface area (Å²) >= 11 is 0. The fourth-order valence-electron chi connectivity index (χ4n) is 2.96. The topological polar surface area (TPSA) is 32.3 Å². The predicted molar refractivity (Wildman–Crippen MR) is 96.9 cm³/mol. The number of carbonyl (C=O) groups is 1. The number of hydrogen-bond donors (Lipinski definition) is 1. The summed E-state index contributed by atoms with van der Waals surface area (Å²) in [6.07, 6.45) is 1.86. The quantitative estimate of drug-likeness (QED) is 0.928. The number of nitrogens with zero attached hydrogens (tertiary/aromatic N) is 1. The van der Waals surface area contributed by atoms with Crippen LogP contribution in [0.4, 0.5) is 5.69 Å². The number of para-hydroxylation sites is 1. The number of hydrogen-bond acceptors (Lipinski definition) is 2. The van der Waals surface area contributed by atoms with Crippen molar-refractivity contribution in [3.05, 3.63) is 66.2 Å². The van der Waals surface area contributed by atoms with Crippen LogP contribution in [0, 0.1) is 5.92 Å². The lowest BCUT2D eigenvalue weighted by molar-refractivity contribution is -0.123. The van der Waals surface area contributed by atoms with Crippen molar-refractivity contribution in [3.63, 3.8) is 0 Å². The maximum absolute atomic E-state index is 13.0. The molecule has 2 aromatic carbocycles. The smallest absolute Gasteiger partial charge is 0.230 e. The van der Waals surface area contributed by atoms with E-state index in [0.29, 0.717) is 6.54 Å². The lowest BCUT2D eigenvalue weighted by Crippen LogP contribution is -2.40. The van der Waals surface area contributed by atoms with Crippen LogP contribution in [0.15, 0.2) is 60.7 Å². The van der Waals surface area contributed by atoms with E-state index in [4.69, 9.17) is 0 Å². The molecule has 1 heterocycles. The van der Waals surface area contributed by atoms with Crippen molar-refractivity contribution in [1.82, 2.24) is 5.32 Å². The van der Waals surface area contributed by atoms with Crippen LogP contribution in [0.2, 0.25) is 0 Å². The molecule has 0 radical (unpaired) electrons. The first-order valence-electron chi connectivity index (χ1n) is 7.95. The van der Waals surface area contributed by atoms with Gasteiger partial charge in [0.2, 0.25) is 5.91 Å². The van der Waals surface area contributed by atoms with Gasteiger partial charge in [-0.05, 0) is 43.6 Å². The van der Waals surface area contributed by atoms with Gasteiger partial charge in [-0.25, -0.2) is 0 Å². The zero-order valence-electron chi connectivity index (χ0n) is 13.2. The molecule has 0 unspecified atom stereocenters. The van der Waals surface area contributed by atoms with Gasteiger partial charge in [-0.15, -0.1) is 12.4 Å². The minimum Gasteiger partial charge on any atom is -0.317 e. The van der Waals surface area contributed by atoms with Crippen molar-refractivity contribution in [2.24, 2.45) is 5.92 Å². The molecule has 0 bridgehead atoms. The van der Waals surface area contributed by atoms with Crippen LogP contribution in [0.3, 0.4) is 0 Å². The third-order valence-electron chi connectivity index (χ3n) is 4.21. The fourth-order valence-corrected chi connectivity index (χ4v) is 2.96. The number of carbonyl (C=O) groups excluding carboxylic acids is 1. The Hall–Kier alpha value is -1.84. The van der Waals surface area contributed by atoms with Gasteiger partial charge in [0.15, 0.2) is 0 Å². The van der Waals surface area contributed by atoms with Gasteiger partial charge in [0.1, 0.15) is 0 Å². The minimum absolute atomic E-state index is 0. The fraction of sp³-hybridized carbons (Fsp3) is 0.316. The number of piperidine rings is 1. The Labute approximate surface area is 144 Å². The molecule has 0 aliphatic carbocycles. The Bertz CT molecular complexity index is 597. The molecule has 0 spiro atoms. The third-order valence-corrected chi connectivity index (χ3v) is 4.21. The summed E-state index contributed by atoms with van der Waals surface area (Å²) < 4.78 is 0. The minimum atomic E-state index is 0. The molecule has 1 saturated heterocycles. The zero-order valence-corrected chi connectivity index (χ0v) is 14.0. The summed E-state index contributed by atoms with van der Waals surface area (Å²) in [7, 11) is 0. The summed E-state index contributed by atoms with van der Waals surface area (Å²) in [5.41, 5.74) is 2.14. The first-order valence-corrected chi connectivity index (χ1v) is 7.95. The first-order chi connectivity index (χ1) is 10.8. The van der Waals surface area contributed by atoms with E-state index >= 15 is 0 Å². The molecule has 23 heavy (non-hydrogen) atoms.